The van der Waals surface area contributed by atoms with Crippen molar-refractivity contribution in [3.05, 3.63) is 0 Å². The van der Waals surface area contributed by atoms with Crippen molar-refractivity contribution in [2.75, 3.05) is 31.1 Å². The Morgan fingerprint density at radius 2 is 2.05 bits per heavy atom. The maximum absolute atomic E-state index is 3.88. The Labute approximate surface area is 123 Å². The number of piperazine rings is 1. The lowest BCUT2D eigenvalue weighted by Gasteiger charge is -2.49. The predicted octanol–water partition coefficient (Wildman–Crippen LogP) is 2.98. The van der Waals surface area contributed by atoms with Crippen LogP contribution in [0.3, 0.4) is 0 Å². The molecule has 19 heavy (non-hydrogen) atoms. The van der Waals surface area contributed by atoms with E-state index in [0.717, 1.165) is 17.9 Å². The molecule has 3 heteroatoms. The molecule has 0 aromatic carbocycles. The third-order valence-corrected chi connectivity index (χ3v) is 6.42. The zero-order chi connectivity index (χ0) is 13.3. The summed E-state index contributed by atoms with van der Waals surface area (Å²) in [6.45, 7) is 8.67. The van der Waals surface area contributed by atoms with Gasteiger partial charge < -0.3 is 5.32 Å². The molecule has 0 radical (unpaired) electrons. The van der Waals surface area contributed by atoms with E-state index in [2.05, 4.69) is 35.8 Å². The van der Waals surface area contributed by atoms with Gasteiger partial charge in [0.05, 0.1) is 0 Å². The van der Waals surface area contributed by atoms with Crippen LogP contribution >= 0.6 is 11.8 Å². The van der Waals surface area contributed by atoms with Gasteiger partial charge in [0.15, 0.2) is 0 Å². The van der Waals surface area contributed by atoms with Gasteiger partial charge in [0.1, 0.15) is 0 Å². The van der Waals surface area contributed by atoms with E-state index >= 15 is 0 Å². The third kappa shape index (κ3) is 3.30. The highest BCUT2D eigenvalue weighted by Crippen LogP contribution is 2.45. The Kier molecular flexibility index (Phi) is 4.45. The van der Waals surface area contributed by atoms with Crippen molar-refractivity contribution in [1.29, 1.82) is 0 Å². The van der Waals surface area contributed by atoms with Gasteiger partial charge in [0.2, 0.25) is 0 Å². The Bertz CT molecular complexity index is 301. The zero-order valence-corrected chi connectivity index (χ0v) is 13.5. The quantitative estimate of drug-likeness (QED) is 0.723. The van der Waals surface area contributed by atoms with E-state index in [-0.39, 0.29) is 0 Å². The minimum atomic E-state index is 0.461. The van der Waals surface area contributed by atoms with Crippen LogP contribution in [0.4, 0.5) is 0 Å². The van der Waals surface area contributed by atoms with Crippen LogP contribution in [0.15, 0.2) is 0 Å². The fraction of sp³-hybridized carbons (Fsp3) is 1.00. The average Bonchev–Trinajstić information content (AvgIpc) is 3.29. The Hall–Kier alpha value is 0.270. The molecule has 1 saturated heterocycles. The predicted molar refractivity (Wildman–Crippen MR) is 84.8 cm³/mol. The third-order valence-electron chi connectivity index (χ3n) is 5.43. The summed E-state index contributed by atoms with van der Waals surface area (Å²) >= 11 is 2.10. The van der Waals surface area contributed by atoms with Crippen molar-refractivity contribution >= 4 is 11.8 Å². The van der Waals surface area contributed by atoms with Gasteiger partial charge in [0.25, 0.3) is 0 Å². The molecule has 0 bridgehead atoms. The lowest BCUT2D eigenvalue weighted by Crippen LogP contribution is -2.65. The number of thioether (sulfide) groups is 1. The van der Waals surface area contributed by atoms with Gasteiger partial charge in [-0.05, 0) is 68.9 Å². The van der Waals surface area contributed by atoms with Gasteiger partial charge in [-0.2, -0.15) is 11.8 Å². The first-order valence-corrected chi connectivity index (χ1v) is 9.45. The summed E-state index contributed by atoms with van der Waals surface area (Å²) in [6, 6.07) is 0.797. The fourth-order valence-corrected chi connectivity index (χ4v) is 4.35. The van der Waals surface area contributed by atoms with E-state index < -0.39 is 0 Å². The van der Waals surface area contributed by atoms with Gasteiger partial charge in [0, 0.05) is 24.7 Å². The molecular weight excluding hydrogens is 252 g/mol. The van der Waals surface area contributed by atoms with Crippen molar-refractivity contribution in [2.24, 2.45) is 11.8 Å². The van der Waals surface area contributed by atoms with Gasteiger partial charge in [-0.1, -0.05) is 6.92 Å². The van der Waals surface area contributed by atoms with E-state index in [4.69, 9.17) is 0 Å². The first-order chi connectivity index (χ1) is 9.24. The average molecular weight is 282 g/mol. The molecule has 0 spiro atoms. The Morgan fingerprint density at radius 3 is 2.68 bits per heavy atom. The van der Waals surface area contributed by atoms with E-state index in [0.29, 0.717) is 5.54 Å². The maximum Gasteiger partial charge on any atom is 0.0334 e. The standard InChI is InChI=1S/C16H30N2S/c1-3-19-10-4-9-18-11-15(13-5-6-13)17-12-16(18,2)14-7-8-14/h13-15,17H,3-12H2,1-2H3. The molecule has 3 fully saturated rings. The highest BCUT2D eigenvalue weighted by Gasteiger charge is 2.49. The number of nitrogens with zero attached hydrogens (tertiary/aromatic N) is 1. The number of rotatable bonds is 7. The molecule has 1 aliphatic heterocycles. The van der Waals surface area contributed by atoms with Crippen molar-refractivity contribution < 1.29 is 0 Å². The fourth-order valence-electron chi connectivity index (χ4n) is 3.73. The van der Waals surface area contributed by atoms with Gasteiger partial charge in [-0.15, -0.1) is 0 Å². The van der Waals surface area contributed by atoms with Gasteiger partial charge in [-0.3, -0.25) is 4.90 Å². The largest absolute Gasteiger partial charge is 0.311 e. The lowest BCUT2D eigenvalue weighted by atomic mass is 9.88. The van der Waals surface area contributed by atoms with Crippen molar-refractivity contribution in [2.45, 2.75) is 57.5 Å². The minimum Gasteiger partial charge on any atom is -0.311 e. The molecule has 0 aromatic rings. The summed E-state index contributed by atoms with van der Waals surface area (Å²) in [4.78, 5) is 2.86. The van der Waals surface area contributed by atoms with E-state index in [1.165, 1.54) is 63.2 Å². The Balaban J connectivity index is 1.56. The second kappa shape index (κ2) is 5.95. The first-order valence-electron chi connectivity index (χ1n) is 8.30. The summed E-state index contributed by atoms with van der Waals surface area (Å²) < 4.78 is 0. The molecule has 2 aliphatic carbocycles. The molecule has 3 rings (SSSR count). The topological polar surface area (TPSA) is 15.3 Å². The van der Waals surface area contributed by atoms with Gasteiger partial charge in [-0.25, -0.2) is 0 Å². The van der Waals surface area contributed by atoms with Crippen LogP contribution in [0.1, 0.15) is 46.0 Å². The van der Waals surface area contributed by atoms with Crippen LogP contribution in [0, 0.1) is 11.8 Å². The molecule has 110 valence electrons. The number of hydrogen-bond donors (Lipinski definition) is 1. The molecule has 1 heterocycles. The highest BCUT2D eigenvalue weighted by molar-refractivity contribution is 7.99. The Morgan fingerprint density at radius 1 is 1.26 bits per heavy atom. The van der Waals surface area contributed by atoms with Crippen molar-refractivity contribution in [3.63, 3.8) is 0 Å². The summed E-state index contributed by atoms with van der Waals surface area (Å²) in [7, 11) is 0. The van der Waals surface area contributed by atoms with Crippen LogP contribution in [-0.4, -0.2) is 47.6 Å². The SMILES string of the molecule is CCSCCCN1CC(C2CC2)NCC1(C)C1CC1. The number of nitrogens with one attached hydrogen (secondary N) is 1. The molecule has 0 aromatic heterocycles. The van der Waals surface area contributed by atoms with Crippen molar-refractivity contribution in [3.8, 4) is 0 Å². The van der Waals surface area contributed by atoms with Crippen LogP contribution in [0.25, 0.3) is 0 Å². The summed E-state index contributed by atoms with van der Waals surface area (Å²) in [6.07, 6.45) is 7.24. The smallest absolute Gasteiger partial charge is 0.0334 e. The summed E-state index contributed by atoms with van der Waals surface area (Å²) in [5.74, 6) is 4.58. The first kappa shape index (κ1) is 14.2. The molecule has 2 unspecified atom stereocenters. The van der Waals surface area contributed by atoms with Crippen molar-refractivity contribution in [1.82, 2.24) is 10.2 Å². The van der Waals surface area contributed by atoms with Crippen LogP contribution in [0.2, 0.25) is 0 Å². The zero-order valence-electron chi connectivity index (χ0n) is 12.7. The second-order valence-corrected chi connectivity index (χ2v) is 8.35. The molecule has 1 N–H and O–H groups in total. The molecule has 2 atom stereocenters. The summed E-state index contributed by atoms with van der Waals surface area (Å²) in [5.41, 5.74) is 0.461. The normalized spacial score (nSPS) is 36.6. The van der Waals surface area contributed by atoms with E-state index in [1.54, 1.807) is 0 Å². The molecule has 2 saturated carbocycles. The summed E-state index contributed by atoms with van der Waals surface area (Å²) in [5, 5.41) is 3.88. The van der Waals surface area contributed by atoms with Crippen LogP contribution in [0.5, 0.6) is 0 Å². The van der Waals surface area contributed by atoms with E-state index in [9.17, 15) is 0 Å². The second-order valence-electron chi connectivity index (χ2n) is 6.95. The monoisotopic (exact) mass is 282 g/mol. The van der Waals surface area contributed by atoms with Gasteiger partial charge >= 0.3 is 0 Å². The minimum absolute atomic E-state index is 0.461. The van der Waals surface area contributed by atoms with Crippen LogP contribution < -0.4 is 5.32 Å². The van der Waals surface area contributed by atoms with E-state index in [1.807, 2.05) is 0 Å². The molecular formula is C16H30N2S. The highest BCUT2D eigenvalue weighted by atomic mass is 32.2. The molecule has 0 amide bonds. The lowest BCUT2D eigenvalue weighted by molar-refractivity contribution is 0.0309. The van der Waals surface area contributed by atoms with Crippen LogP contribution in [-0.2, 0) is 0 Å². The maximum atomic E-state index is 3.88. The molecule has 3 aliphatic rings. The number of hydrogen-bond acceptors (Lipinski definition) is 3. The molecule has 2 nitrogen and oxygen atoms in total.